The molecule has 0 radical (unpaired) electrons. The minimum Gasteiger partial charge on any atom is -0.389 e. The number of rotatable bonds is 7. The molecule has 1 aliphatic rings. The van der Waals surface area contributed by atoms with E-state index in [4.69, 9.17) is 0 Å². The fourth-order valence-electron chi connectivity index (χ4n) is 2.74. The van der Waals surface area contributed by atoms with Crippen LogP contribution in [-0.4, -0.2) is 35.7 Å². The third-order valence-electron chi connectivity index (χ3n) is 4.12. The highest BCUT2D eigenvalue weighted by Crippen LogP contribution is 2.26. The van der Waals surface area contributed by atoms with Crippen LogP contribution in [0.5, 0.6) is 0 Å². The molecule has 0 spiro atoms. The SMILES string of the molecule is CCC(CC)NC(=O)CNCC1(O)CCCCCC1. The fourth-order valence-corrected chi connectivity index (χ4v) is 2.74. The fraction of sp³-hybridized carbons (Fsp3) is 0.933. The van der Waals surface area contributed by atoms with Crippen molar-refractivity contribution in [1.82, 2.24) is 10.6 Å². The number of carbonyl (C=O) groups excluding carboxylic acids is 1. The molecule has 1 fully saturated rings. The van der Waals surface area contributed by atoms with Gasteiger partial charge in [0.1, 0.15) is 0 Å². The molecule has 112 valence electrons. The molecule has 1 saturated carbocycles. The summed E-state index contributed by atoms with van der Waals surface area (Å²) in [4.78, 5) is 11.7. The molecule has 4 nitrogen and oxygen atoms in total. The minimum absolute atomic E-state index is 0.0333. The van der Waals surface area contributed by atoms with Gasteiger partial charge in [0, 0.05) is 12.6 Å². The summed E-state index contributed by atoms with van der Waals surface area (Å²) < 4.78 is 0. The first-order valence-corrected chi connectivity index (χ1v) is 7.82. The second kappa shape index (κ2) is 8.54. The molecule has 0 saturated heterocycles. The number of hydrogen-bond acceptors (Lipinski definition) is 3. The Morgan fingerprint density at radius 1 is 1.16 bits per heavy atom. The van der Waals surface area contributed by atoms with E-state index in [2.05, 4.69) is 24.5 Å². The zero-order valence-electron chi connectivity index (χ0n) is 12.5. The van der Waals surface area contributed by atoms with Crippen LogP contribution < -0.4 is 10.6 Å². The van der Waals surface area contributed by atoms with Gasteiger partial charge in [-0.3, -0.25) is 4.79 Å². The highest BCUT2D eigenvalue weighted by atomic mass is 16.3. The van der Waals surface area contributed by atoms with E-state index >= 15 is 0 Å². The maximum atomic E-state index is 11.7. The van der Waals surface area contributed by atoms with E-state index in [0.29, 0.717) is 13.1 Å². The molecule has 0 aromatic carbocycles. The molecule has 0 aromatic heterocycles. The molecule has 0 aliphatic heterocycles. The summed E-state index contributed by atoms with van der Waals surface area (Å²) in [6.07, 6.45) is 8.27. The number of nitrogens with one attached hydrogen (secondary N) is 2. The monoisotopic (exact) mass is 270 g/mol. The van der Waals surface area contributed by atoms with Crippen molar-refractivity contribution >= 4 is 5.91 Å². The smallest absolute Gasteiger partial charge is 0.234 e. The predicted octanol–water partition coefficient (Wildman–Crippen LogP) is 1.97. The van der Waals surface area contributed by atoms with Crippen molar-refractivity contribution in [2.75, 3.05) is 13.1 Å². The van der Waals surface area contributed by atoms with Crippen LogP contribution in [0, 0.1) is 0 Å². The second-order valence-electron chi connectivity index (χ2n) is 5.82. The predicted molar refractivity (Wildman–Crippen MR) is 78.0 cm³/mol. The lowest BCUT2D eigenvalue weighted by Crippen LogP contribution is -2.45. The Morgan fingerprint density at radius 2 is 1.74 bits per heavy atom. The lowest BCUT2D eigenvalue weighted by molar-refractivity contribution is -0.121. The van der Waals surface area contributed by atoms with Crippen molar-refractivity contribution in [3.63, 3.8) is 0 Å². The highest BCUT2D eigenvalue weighted by molar-refractivity contribution is 5.78. The Labute approximate surface area is 117 Å². The zero-order chi connectivity index (χ0) is 14.1. The van der Waals surface area contributed by atoms with E-state index < -0.39 is 5.60 Å². The summed E-state index contributed by atoms with van der Waals surface area (Å²) in [6, 6.07) is 0.273. The van der Waals surface area contributed by atoms with Gasteiger partial charge < -0.3 is 15.7 Å². The lowest BCUT2D eigenvalue weighted by Gasteiger charge is -2.27. The average molecular weight is 270 g/mol. The van der Waals surface area contributed by atoms with Crippen molar-refractivity contribution < 1.29 is 9.90 Å². The van der Waals surface area contributed by atoms with Crippen molar-refractivity contribution in [3.8, 4) is 0 Å². The molecule has 0 bridgehead atoms. The topological polar surface area (TPSA) is 61.4 Å². The third kappa shape index (κ3) is 6.39. The van der Waals surface area contributed by atoms with Gasteiger partial charge in [-0.25, -0.2) is 0 Å². The molecule has 19 heavy (non-hydrogen) atoms. The van der Waals surface area contributed by atoms with Crippen molar-refractivity contribution in [2.45, 2.75) is 76.9 Å². The number of aliphatic hydroxyl groups is 1. The van der Waals surface area contributed by atoms with Gasteiger partial charge in [-0.2, -0.15) is 0 Å². The molecule has 1 aliphatic carbocycles. The maximum absolute atomic E-state index is 11.7. The molecule has 0 unspecified atom stereocenters. The Kier molecular flexibility index (Phi) is 7.39. The zero-order valence-corrected chi connectivity index (χ0v) is 12.5. The lowest BCUT2D eigenvalue weighted by atomic mass is 9.94. The molecule has 0 heterocycles. The summed E-state index contributed by atoms with van der Waals surface area (Å²) in [7, 11) is 0. The van der Waals surface area contributed by atoms with E-state index in [0.717, 1.165) is 38.5 Å². The normalized spacial score (nSPS) is 19.2. The summed E-state index contributed by atoms with van der Waals surface area (Å²) in [6.45, 7) is 4.99. The van der Waals surface area contributed by atoms with Gasteiger partial charge in [-0.15, -0.1) is 0 Å². The summed E-state index contributed by atoms with van der Waals surface area (Å²) in [5, 5.41) is 16.6. The first-order valence-electron chi connectivity index (χ1n) is 7.82. The van der Waals surface area contributed by atoms with E-state index in [1.807, 2.05) is 0 Å². The molecule has 1 rings (SSSR count). The van der Waals surface area contributed by atoms with Gasteiger partial charge >= 0.3 is 0 Å². The van der Waals surface area contributed by atoms with E-state index in [9.17, 15) is 9.90 Å². The van der Waals surface area contributed by atoms with Crippen LogP contribution in [0.15, 0.2) is 0 Å². The van der Waals surface area contributed by atoms with Crippen LogP contribution in [0.25, 0.3) is 0 Å². The highest BCUT2D eigenvalue weighted by Gasteiger charge is 2.27. The van der Waals surface area contributed by atoms with Crippen LogP contribution in [0.1, 0.15) is 65.2 Å². The second-order valence-corrected chi connectivity index (χ2v) is 5.82. The minimum atomic E-state index is -0.605. The first-order chi connectivity index (χ1) is 9.09. The summed E-state index contributed by atoms with van der Waals surface area (Å²) in [5.41, 5.74) is -0.605. The van der Waals surface area contributed by atoms with Gasteiger partial charge in [-0.05, 0) is 25.7 Å². The van der Waals surface area contributed by atoms with Crippen molar-refractivity contribution in [1.29, 1.82) is 0 Å². The Bertz CT molecular complexity index is 257. The van der Waals surface area contributed by atoms with Crippen LogP contribution in [0.2, 0.25) is 0 Å². The van der Waals surface area contributed by atoms with Crippen molar-refractivity contribution in [2.24, 2.45) is 0 Å². The first kappa shape index (κ1) is 16.4. The van der Waals surface area contributed by atoms with Gasteiger partial charge in [0.05, 0.1) is 12.1 Å². The van der Waals surface area contributed by atoms with Crippen LogP contribution in [0.3, 0.4) is 0 Å². The van der Waals surface area contributed by atoms with Crippen LogP contribution in [-0.2, 0) is 4.79 Å². The Morgan fingerprint density at radius 3 is 2.26 bits per heavy atom. The van der Waals surface area contributed by atoms with Crippen LogP contribution in [0.4, 0.5) is 0 Å². The van der Waals surface area contributed by atoms with Crippen LogP contribution >= 0.6 is 0 Å². The largest absolute Gasteiger partial charge is 0.389 e. The average Bonchev–Trinajstić information content (AvgIpc) is 2.61. The maximum Gasteiger partial charge on any atom is 0.234 e. The quantitative estimate of drug-likeness (QED) is 0.620. The van der Waals surface area contributed by atoms with Crippen molar-refractivity contribution in [3.05, 3.63) is 0 Å². The molecule has 0 atom stereocenters. The van der Waals surface area contributed by atoms with E-state index in [1.54, 1.807) is 0 Å². The number of hydrogen-bond donors (Lipinski definition) is 3. The van der Waals surface area contributed by atoms with Gasteiger partial charge in [0.15, 0.2) is 0 Å². The van der Waals surface area contributed by atoms with Gasteiger partial charge in [-0.1, -0.05) is 39.5 Å². The Hall–Kier alpha value is -0.610. The van der Waals surface area contributed by atoms with E-state index in [-0.39, 0.29) is 11.9 Å². The van der Waals surface area contributed by atoms with Gasteiger partial charge in [0.25, 0.3) is 0 Å². The molecule has 3 N–H and O–H groups in total. The molecular weight excluding hydrogens is 240 g/mol. The van der Waals surface area contributed by atoms with E-state index in [1.165, 1.54) is 12.8 Å². The number of carbonyl (C=O) groups is 1. The molecule has 0 aromatic rings. The summed E-state index contributed by atoms with van der Waals surface area (Å²) >= 11 is 0. The summed E-state index contributed by atoms with van der Waals surface area (Å²) in [5.74, 6) is 0.0333. The number of amides is 1. The molecule has 1 amide bonds. The standard InChI is InChI=1S/C15H30N2O2/c1-3-13(4-2)17-14(18)11-16-12-15(19)9-7-5-6-8-10-15/h13,16,19H,3-12H2,1-2H3,(H,17,18). The third-order valence-corrected chi connectivity index (χ3v) is 4.12. The Balaban J connectivity index is 2.23. The van der Waals surface area contributed by atoms with Gasteiger partial charge in [0.2, 0.25) is 5.91 Å². The molecule has 4 heteroatoms. The molecular formula is C15H30N2O2.